The molecule has 0 spiro atoms. The highest BCUT2D eigenvalue weighted by Gasteiger charge is 2.18. The van der Waals surface area contributed by atoms with Crippen LogP contribution in [-0.4, -0.2) is 14.5 Å². The molecule has 2 heterocycles. The zero-order valence-electron chi connectivity index (χ0n) is 9.55. The molecule has 0 radical (unpaired) electrons. The van der Waals surface area contributed by atoms with E-state index in [0.29, 0.717) is 0 Å². The highest BCUT2D eigenvalue weighted by molar-refractivity contribution is 7.09. The number of nitrogens with two attached hydrogens (primary N) is 1. The second-order valence-electron chi connectivity index (χ2n) is 4.37. The lowest BCUT2D eigenvalue weighted by molar-refractivity contribution is 0.492. The molecule has 0 aliphatic heterocycles. The van der Waals surface area contributed by atoms with Crippen molar-refractivity contribution in [3.8, 4) is 0 Å². The minimum absolute atomic E-state index is 0.348. The molecule has 2 rings (SSSR count). The van der Waals surface area contributed by atoms with Crippen molar-refractivity contribution in [3.63, 3.8) is 0 Å². The third-order valence-corrected chi connectivity index (χ3v) is 3.26. The second kappa shape index (κ2) is 4.35. The molecule has 0 amide bonds. The minimum atomic E-state index is -0.348. The summed E-state index contributed by atoms with van der Waals surface area (Å²) >= 11 is 1.68. The molecule has 0 saturated heterocycles. The lowest BCUT2D eigenvalue weighted by atomic mass is 10.0. The number of rotatable bonds is 4. The van der Waals surface area contributed by atoms with Gasteiger partial charge in [-0.25, -0.2) is 9.97 Å². The molecule has 0 aliphatic rings. The third kappa shape index (κ3) is 2.48. The van der Waals surface area contributed by atoms with Gasteiger partial charge in [-0.15, -0.1) is 11.3 Å². The third-order valence-electron chi connectivity index (χ3n) is 2.42. The molecule has 4 nitrogen and oxygen atoms in total. The van der Waals surface area contributed by atoms with E-state index in [1.165, 1.54) is 0 Å². The van der Waals surface area contributed by atoms with E-state index in [2.05, 4.69) is 14.5 Å². The molecule has 0 aromatic carbocycles. The molecule has 5 heteroatoms. The van der Waals surface area contributed by atoms with Gasteiger partial charge >= 0.3 is 0 Å². The Labute approximate surface area is 99.2 Å². The van der Waals surface area contributed by atoms with Gasteiger partial charge in [0, 0.05) is 30.7 Å². The molecule has 86 valence electrons. The number of thiazole rings is 1. The summed E-state index contributed by atoms with van der Waals surface area (Å²) < 4.78 is 2.10. The average molecular weight is 236 g/mol. The van der Waals surface area contributed by atoms with E-state index >= 15 is 0 Å². The molecule has 2 aromatic rings. The van der Waals surface area contributed by atoms with Crippen molar-refractivity contribution < 1.29 is 0 Å². The van der Waals surface area contributed by atoms with Gasteiger partial charge in [-0.3, -0.25) is 0 Å². The first-order chi connectivity index (χ1) is 7.57. The molecule has 0 saturated carbocycles. The predicted octanol–water partition coefficient (Wildman–Crippen LogP) is 1.78. The highest BCUT2D eigenvalue weighted by atomic mass is 32.1. The number of hydrogen-bond donors (Lipinski definition) is 1. The highest BCUT2D eigenvalue weighted by Crippen LogP contribution is 2.17. The summed E-state index contributed by atoms with van der Waals surface area (Å²) in [5, 5.41) is 3.14. The van der Waals surface area contributed by atoms with Crippen LogP contribution in [0.3, 0.4) is 0 Å². The molecule has 0 aliphatic carbocycles. The van der Waals surface area contributed by atoms with Gasteiger partial charge in [0.2, 0.25) is 0 Å². The molecule has 2 N–H and O–H groups in total. The van der Waals surface area contributed by atoms with E-state index in [-0.39, 0.29) is 5.54 Å². The van der Waals surface area contributed by atoms with Gasteiger partial charge in [-0.05, 0) is 13.8 Å². The molecule has 2 aromatic heterocycles. The maximum atomic E-state index is 6.08. The van der Waals surface area contributed by atoms with E-state index in [9.17, 15) is 0 Å². The van der Waals surface area contributed by atoms with Crippen LogP contribution < -0.4 is 5.73 Å². The normalized spacial score (nSPS) is 11.9. The topological polar surface area (TPSA) is 56.7 Å². The number of imidazole rings is 1. The summed E-state index contributed by atoms with van der Waals surface area (Å²) in [5.74, 6) is 0. The van der Waals surface area contributed by atoms with Crippen molar-refractivity contribution in [1.29, 1.82) is 0 Å². The molecular formula is C11H16N4S. The Morgan fingerprint density at radius 2 is 2.31 bits per heavy atom. The first-order valence-electron chi connectivity index (χ1n) is 5.25. The zero-order chi connectivity index (χ0) is 11.6. The zero-order valence-corrected chi connectivity index (χ0v) is 10.4. The van der Waals surface area contributed by atoms with E-state index < -0.39 is 0 Å². The van der Waals surface area contributed by atoms with Crippen LogP contribution >= 0.6 is 11.3 Å². The van der Waals surface area contributed by atoms with E-state index in [1.54, 1.807) is 11.3 Å². The Hall–Kier alpha value is -1.20. The van der Waals surface area contributed by atoms with E-state index in [4.69, 9.17) is 5.73 Å². The predicted molar refractivity (Wildman–Crippen MR) is 65.3 cm³/mol. The van der Waals surface area contributed by atoms with Crippen LogP contribution in [-0.2, 0) is 18.5 Å². The van der Waals surface area contributed by atoms with Crippen LogP contribution in [0.1, 0.15) is 24.5 Å². The minimum Gasteiger partial charge on any atom is -0.333 e. The van der Waals surface area contributed by atoms with Crippen molar-refractivity contribution in [1.82, 2.24) is 14.5 Å². The van der Waals surface area contributed by atoms with Crippen molar-refractivity contribution in [3.05, 3.63) is 34.8 Å². The summed E-state index contributed by atoms with van der Waals surface area (Å²) in [5.41, 5.74) is 6.79. The van der Waals surface area contributed by atoms with Crippen LogP contribution in [0.25, 0.3) is 0 Å². The monoisotopic (exact) mass is 236 g/mol. The van der Waals surface area contributed by atoms with Crippen LogP contribution in [0.4, 0.5) is 0 Å². The fraction of sp³-hybridized carbons (Fsp3) is 0.455. The van der Waals surface area contributed by atoms with Gasteiger partial charge in [-0.2, -0.15) is 0 Å². The molecule has 0 fully saturated rings. The number of aryl methyl sites for hydroxylation is 2. The Balaban J connectivity index is 2.08. The standard InChI is InChI=1S/C11H16N4S/c1-11(2,12)9-7-13-8-15(9)5-3-10-14-4-6-16-10/h4,6-8H,3,5,12H2,1-2H3. The van der Waals surface area contributed by atoms with E-state index in [1.807, 2.05) is 37.9 Å². The SMILES string of the molecule is CC(C)(N)c1cncn1CCc1nccs1. The van der Waals surface area contributed by atoms with Crippen LogP contribution in [0.5, 0.6) is 0 Å². The average Bonchev–Trinajstić information content (AvgIpc) is 2.85. The first kappa shape index (κ1) is 11.3. The summed E-state index contributed by atoms with van der Waals surface area (Å²) in [6.07, 6.45) is 6.43. The van der Waals surface area contributed by atoms with Gasteiger partial charge in [-0.1, -0.05) is 0 Å². The van der Waals surface area contributed by atoms with Gasteiger partial charge in [0.1, 0.15) is 0 Å². The fourth-order valence-electron chi connectivity index (χ4n) is 1.63. The van der Waals surface area contributed by atoms with Crippen molar-refractivity contribution in [2.75, 3.05) is 0 Å². The maximum absolute atomic E-state index is 6.08. The largest absolute Gasteiger partial charge is 0.333 e. The molecule has 0 bridgehead atoms. The number of nitrogens with zero attached hydrogens (tertiary/aromatic N) is 3. The lowest BCUT2D eigenvalue weighted by Crippen LogP contribution is -2.31. The quantitative estimate of drug-likeness (QED) is 0.880. The molecule has 0 unspecified atom stereocenters. The molecule has 0 atom stereocenters. The van der Waals surface area contributed by atoms with Crippen LogP contribution in [0.15, 0.2) is 24.1 Å². The van der Waals surface area contributed by atoms with E-state index in [0.717, 1.165) is 23.7 Å². The van der Waals surface area contributed by atoms with Crippen LogP contribution in [0, 0.1) is 0 Å². The second-order valence-corrected chi connectivity index (χ2v) is 5.35. The summed E-state index contributed by atoms with van der Waals surface area (Å²) in [6, 6.07) is 0. The number of aromatic nitrogens is 3. The Morgan fingerprint density at radius 3 is 2.94 bits per heavy atom. The fourth-order valence-corrected chi connectivity index (χ4v) is 2.24. The van der Waals surface area contributed by atoms with Gasteiger partial charge in [0.05, 0.1) is 22.6 Å². The Kier molecular flexibility index (Phi) is 3.07. The van der Waals surface area contributed by atoms with Gasteiger partial charge in [0.15, 0.2) is 0 Å². The lowest BCUT2D eigenvalue weighted by Gasteiger charge is -2.20. The summed E-state index contributed by atoms with van der Waals surface area (Å²) in [7, 11) is 0. The molecular weight excluding hydrogens is 220 g/mol. The van der Waals surface area contributed by atoms with Gasteiger partial charge in [0.25, 0.3) is 0 Å². The van der Waals surface area contributed by atoms with Crippen molar-refractivity contribution >= 4 is 11.3 Å². The Bertz CT molecular complexity index is 439. The van der Waals surface area contributed by atoms with Crippen molar-refractivity contribution in [2.45, 2.75) is 32.4 Å². The summed E-state index contributed by atoms with van der Waals surface area (Å²) in [4.78, 5) is 8.42. The van der Waals surface area contributed by atoms with Crippen LogP contribution in [0.2, 0.25) is 0 Å². The smallest absolute Gasteiger partial charge is 0.0948 e. The van der Waals surface area contributed by atoms with Gasteiger partial charge < -0.3 is 10.3 Å². The summed E-state index contributed by atoms with van der Waals surface area (Å²) in [6.45, 7) is 4.86. The van der Waals surface area contributed by atoms with Crippen molar-refractivity contribution in [2.24, 2.45) is 5.73 Å². The maximum Gasteiger partial charge on any atom is 0.0948 e. The number of hydrogen-bond acceptors (Lipinski definition) is 4. The first-order valence-corrected chi connectivity index (χ1v) is 6.13. The Morgan fingerprint density at radius 1 is 1.50 bits per heavy atom. The molecule has 16 heavy (non-hydrogen) atoms.